The van der Waals surface area contributed by atoms with Crippen LogP contribution in [-0.4, -0.2) is 14.4 Å². The molecule has 20 heavy (non-hydrogen) atoms. The molecule has 0 amide bonds. The van der Waals surface area contributed by atoms with Crippen LogP contribution in [-0.2, 0) is 4.43 Å². The van der Waals surface area contributed by atoms with Gasteiger partial charge in [-0.1, -0.05) is 50.2 Å². The molecule has 1 aromatic rings. The van der Waals surface area contributed by atoms with Crippen LogP contribution in [0, 0.1) is 0 Å². The second-order valence-electron chi connectivity index (χ2n) is 6.48. The minimum atomic E-state index is -1.68. The molecule has 0 aromatic heterocycles. The lowest BCUT2D eigenvalue weighted by Crippen LogP contribution is -2.42. The Morgan fingerprint density at radius 2 is 1.75 bits per heavy atom. The van der Waals surface area contributed by atoms with Gasteiger partial charge in [-0.25, -0.2) is 0 Å². The van der Waals surface area contributed by atoms with Crippen molar-refractivity contribution < 1.29 is 4.43 Å². The first-order chi connectivity index (χ1) is 9.12. The van der Waals surface area contributed by atoms with Crippen LogP contribution < -0.4 is 0 Å². The molecule has 0 spiro atoms. The van der Waals surface area contributed by atoms with E-state index in [-0.39, 0.29) is 11.1 Å². The van der Waals surface area contributed by atoms with E-state index >= 15 is 0 Å². The van der Waals surface area contributed by atoms with Gasteiger partial charge in [0.1, 0.15) is 0 Å². The summed E-state index contributed by atoms with van der Waals surface area (Å²) in [4.78, 5) is 1.19. The third-order valence-corrected chi connectivity index (χ3v) is 9.32. The minimum Gasteiger partial charge on any atom is -0.411 e. The second kappa shape index (κ2) is 7.17. The standard InChI is InChI=1S/C16H25ClOSSi/c1-13(18-20(5,6)16(2,3)4)11-12-19-15-9-7-14(17)8-10-15/h7-13H,1-6H3/b12-11-. The fourth-order valence-electron chi connectivity index (χ4n) is 1.42. The van der Waals surface area contributed by atoms with Gasteiger partial charge >= 0.3 is 0 Å². The fourth-order valence-corrected chi connectivity index (χ4v) is 3.66. The summed E-state index contributed by atoms with van der Waals surface area (Å²) < 4.78 is 6.28. The van der Waals surface area contributed by atoms with Crippen molar-refractivity contribution in [2.75, 3.05) is 0 Å². The largest absolute Gasteiger partial charge is 0.411 e. The minimum absolute atomic E-state index is 0.149. The highest BCUT2D eigenvalue weighted by atomic mass is 35.5. The lowest BCUT2D eigenvalue weighted by Gasteiger charge is -2.37. The first kappa shape index (κ1) is 17.8. The molecule has 0 fully saturated rings. The summed E-state index contributed by atoms with van der Waals surface area (Å²) in [6.07, 6.45) is 2.27. The van der Waals surface area contributed by atoms with E-state index in [2.05, 4.69) is 52.3 Å². The van der Waals surface area contributed by atoms with Gasteiger partial charge in [0.05, 0.1) is 6.10 Å². The fraction of sp³-hybridized carbons (Fsp3) is 0.500. The quantitative estimate of drug-likeness (QED) is 0.459. The van der Waals surface area contributed by atoms with Crippen molar-refractivity contribution in [1.29, 1.82) is 0 Å². The number of rotatable bonds is 5. The summed E-state index contributed by atoms with van der Waals surface area (Å²) in [5.41, 5.74) is 0. The Hall–Kier alpha value is -0.223. The topological polar surface area (TPSA) is 9.23 Å². The maximum absolute atomic E-state index is 6.28. The Morgan fingerprint density at radius 3 is 2.25 bits per heavy atom. The lowest BCUT2D eigenvalue weighted by atomic mass is 10.2. The van der Waals surface area contributed by atoms with Crippen LogP contribution in [0.3, 0.4) is 0 Å². The highest BCUT2D eigenvalue weighted by Gasteiger charge is 2.37. The van der Waals surface area contributed by atoms with Crippen LogP contribution in [0.4, 0.5) is 0 Å². The van der Waals surface area contributed by atoms with Gasteiger partial charge in [0.15, 0.2) is 8.32 Å². The van der Waals surface area contributed by atoms with E-state index in [0.717, 1.165) is 5.02 Å². The molecule has 0 N–H and O–H groups in total. The van der Waals surface area contributed by atoms with E-state index in [0.29, 0.717) is 0 Å². The van der Waals surface area contributed by atoms with Gasteiger partial charge in [0.2, 0.25) is 0 Å². The molecule has 1 unspecified atom stereocenters. The number of benzene rings is 1. The monoisotopic (exact) mass is 328 g/mol. The summed E-state index contributed by atoms with van der Waals surface area (Å²) in [7, 11) is -1.68. The van der Waals surface area contributed by atoms with Crippen LogP contribution >= 0.6 is 23.4 Å². The predicted molar refractivity (Wildman–Crippen MR) is 94.2 cm³/mol. The van der Waals surface area contributed by atoms with Gasteiger partial charge in [0.25, 0.3) is 0 Å². The molecule has 0 bridgehead atoms. The van der Waals surface area contributed by atoms with Gasteiger partial charge < -0.3 is 4.43 Å². The first-order valence-electron chi connectivity index (χ1n) is 6.88. The van der Waals surface area contributed by atoms with Gasteiger partial charge in [0, 0.05) is 9.92 Å². The first-order valence-corrected chi connectivity index (χ1v) is 11.0. The summed E-state index contributed by atoms with van der Waals surface area (Å²) in [5.74, 6) is 0. The predicted octanol–water partition coefficient (Wildman–Crippen LogP) is 6.36. The van der Waals surface area contributed by atoms with E-state index in [1.165, 1.54) is 4.90 Å². The zero-order chi connectivity index (χ0) is 15.4. The molecule has 0 aliphatic rings. The zero-order valence-electron chi connectivity index (χ0n) is 13.2. The molecule has 0 aliphatic heterocycles. The lowest BCUT2D eigenvalue weighted by molar-refractivity contribution is 0.243. The summed E-state index contributed by atoms with van der Waals surface area (Å²) >= 11 is 7.56. The van der Waals surface area contributed by atoms with Crippen LogP contribution in [0.25, 0.3) is 0 Å². The maximum Gasteiger partial charge on any atom is 0.192 e. The molecule has 4 heteroatoms. The summed E-state index contributed by atoms with van der Waals surface area (Å²) in [6.45, 7) is 13.5. The molecular formula is C16H25ClOSSi. The molecule has 1 nitrogen and oxygen atoms in total. The Morgan fingerprint density at radius 1 is 1.20 bits per heavy atom. The third kappa shape index (κ3) is 5.64. The second-order valence-corrected chi connectivity index (χ2v) is 12.7. The highest BCUT2D eigenvalue weighted by Crippen LogP contribution is 2.37. The van der Waals surface area contributed by atoms with Crippen molar-refractivity contribution in [1.82, 2.24) is 0 Å². The summed E-state index contributed by atoms with van der Waals surface area (Å²) in [5, 5.41) is 3.12. The average Bonchev–Trinajstić information content (AvgIpc) is 2.29. The smallest absolute Gasteiger partial charge is 0.192 e. The van der Waals surface area contributed by atoms with E-state index in [9.17, 15) is 0 Å². The zero-order valence-corrected chi connectivity index (χ0v) is 15.8. The highest BCUT2D eigenvalue weighted by molar-refractivity contribution is 8.02. The average molecular weight is 329 g/mol. The Bertz CT molecular complexity index is 449. The third-order valence-electron chi connectivity index (χ3n) is 3.65. The van der Waals surface area contributed by atoms with Crippen LogP contribution in [0.15, 0.2) is 40.6 Å². The van der Waals surface area contributed by atoms with Gasteiger partial charge in [-0.3, -0.25) is 0 Å². The Balaban J connectivity index is 2.52. The van der Waals surface area contributed by atoms with Gasteiger partial charge in [-0.2, -0.15) is 0 Å². The molecule has 0 aliphatic carbocycles. The normalized spacial score (nSPS) is 14.8. The van der Waals surface area contributed by atoms with Crippen molar-refractivity contribution in [2.45, 2.75) is 56.8 Å². The van der Waals surface area contributed by atoms with E-state index in [4.69, 9.17) is 16.0 Å². The molecule has 112 valence electrons. The molecule has 1 atom stereocenters. The van der Waals surface area contributed by atoms with Crippen molar-refractivity contribution in [3.8, 4) is 0 Å². The number of hydrogen-bond acceptors (Lipinski definition) is 2. The number of thioether (sulfide) groups is 1. The van der Waals surface area contributed by atoms with Crippen LogP contribution in [0.5, 0.6) is 0 Å². The van der Waals surface area contributed by atoms with Gasteiger partial charge in [-0.05, 0) is 54.7 Å². The van der Waals surface area contributed by atoms with Gasteiger partial charge in [-0.15, -0.1) is 0 Å². The molecule has 0 saturated carbocycles. The summed E-state index contributed by atoms with van der Waals surface area (Å²) in [6, 6.07) is 7.87. The van der Waals surface area contributed by atoms with Crippen molar-refractivity contribution in [2.24, 2.45) is 0 Å². The van der Waals surface area contributed by atoms with Crippen LogP contribution in [0.1, 0.15) is 27.7 Å². The molecular weight excluding hydrogens is 304 g/mol. The number of hydrogen-bond donors (Lipinski definition) is 0. The molecule has 1 rings (SSSR count). The maximum atomic E-state index is 6.28. The van der Waals surface area contributed by atoms with Crippen molar-refractivity contribution in [3.63, 3.8) is 0 Å². The van der Waals surface area contributed by atoms with E-state index in [1.54, 1.807) is 11.8 Å². The van der Waals surface area contributed by atoms with Crippen molar-refractivity contribution >= 4 is 31.7 Å². The van der Waals surface area contributed by atoms with E-state index in [1.807, 2.05) is 24.3 Å². The molecule has 0 heterocycles. The number of halogens is 1. The molecule has 0 radical (unpaired) electrons. The molecule has 1 aromatic carbocycles. The Kier molecular flexibility index (Phi) is 6.39. The molecule has 0 saturated heterocycles. The van der Waals surface area contributed by atoms with Crippen molar-refractivity contribution in [3.05, 3.63) is 40.8 Å². The van der Waals surface area contributed by atoms with E-state index < -0.39 is 8.32 Å². The van der Waals surface area contributed by atoms with Crippen LogP contribution in [0.2, 0.25) is 23.2 Å². The SMILES string of the molecule is CC(/C=C\Sc1ccc(Cl)cc1)O[Si](C)(C)C(C)(C)C. The Labute approximate surface area is 133 Å².